The lowest BCUT2D eigenvalue weighted by Gasteiger charge is -2.43. The van der Waals surface area contributed by atoms with Gasteiger partial charge in [-0.1, -0.05) is 19.1 Å². The normalized spacial score (nSPS) is 44.8. The van der Waals surface area contributed by atoms with Crippen LogP contribution in [-0.2, 0) is 14.5 Å². The van der Waals surface area contributed by atoms with Gasteiger partial charge >= 0.3 is 0 Å². The minimum atomic E-state index is -0.545. The van der Waals surface area contributed by atoms with Gasteiger partial charge in [-0.2, -0.15) is 9.78 Å². The lowest BCUT2D eigenvalue weighted by atomic mass is 9.74. The third-order valence-corrected chi connectivity index (χ3v) is 7.57. The third-order valence-electron chi connectivity index (χ3n) is 7.57. The summed E-state index contributed by atoms with van der Waals surface area (Å²) in [6.45, 7) is 2.26. The smallest absolute Gasteiger partial charge is 0.210 e. The van der Waals surface area contributed by atoms with E-state index in [1.54, 1.807) is 12.1 Å². The van der Waals surface area contributed by atoms with E-state index in [2.05, 4.69) is 6.92 Å². The van der Waals surface area contributed by atoms with Crippen LogP contribution in [0.25, 0.3) is 0 Å². The number of benzene rings is 1. The summed E-state index contributed by atoms with van der Waals surface area (Å²) in [5.74, 6) is 1.63. The summed E-state index contributed by atoms with van der Waals surface area (Å²) >= 11 is 0. The number of fused-ring (bicyclic) bond motifs is 3. The molecule has 3 saturated carbocycles. The summed E-state index contributed by atoms with van der Waals surface area (Å²) in [5.41, 5.74) is 1.30. The fourth-order valence-corrected chi connectivity index (χ4v) is 6.10. The van der Waals surface area contributed by atoms with E-state index >= 15 is 0 Å². The molecule has 2 bridgehead atoms. The standard InChI is InChI=1S/C22H30O4/c1-2-18-13-15-3-6-19(14-15)22(18)24-21(25-26-22)11-9-17(10-12-21)16-4-7-20(23)8-5-16/h4-5,7-8,15,17-19,23H,2-3,6,9-14H2,1H3. The number of hydrogen-bond donors (Lipinski definition) is 1. The predicted molar refractivity (Wildman–Crippen MR) is 97.3 cm³/mol. The van der Waals surface area contributed by atoms with Gasteiger partial charge in [-0.05, 0) is 74.5 Å². The second-order valence-corrected chi connectivity index (χ2v) is 8.98. The van der Waals surface area contributed by atoms with Crippen molar-refractivity contribution in [2.45, 2.75) is 82.2 Å². The van der Waals surface area contributed by atoms with Crippen molar-refractivity contribution in [2.24, 2.45) is 17.8 Å². The molecule has 2 spiro atoms. The molecule has 4 aliphatic rings. The summed E-state index contributed by atoms with van der Waals surface area (Å²) in [4.78, 5) is 12.1. The molecule has 142 valence electrons. The molecule has 4 atom stereocenters. The van der Waals surface area contributed by atoms with Crippen LogP contribution in [-0.4, -0.2) is 16.7 Å². The first-order valence-electron chi connectivity index (χ1n) is 10.5. The number of ether oxygens (including phenoxy) is 1. The van der Waals surface area contributed by atoms with Gasteiger partial charge in [0.05, 0.1) is 0 Å². The first-order valence-corrected chi connectivity index (χ1v) is 10.5. The molecule has 5 rings (SSSR count). The van der Waals surface area contributed by atoms with Gasteiger partial charge in [-0.15, -0.1) is 0 Å². The Kier molecular flexibility index (Phi) is 4.07. The average molecular weight is 358 g/mol. The SMILES string of the molecule is CCC1CC2CCC(C2)C12OOC1(CCC(c3ccc(O)cc3)CC1)O2. The number of phenolic OH excluding ortho intramolecular Hbond substituents is 1. The van der Waals surface area contributed by atoms with Crippen molar-refractivity contribution < 1.29 is 19.6 Å². The van der Waals surface area contributed by atoms with Crippen molar-refractivity contribution in [2.75, 3.05) is 0 Å². The number of aromatic hydroxyl groups is 1. The molecule has 0 radical (unpaired) electrons. The third kappa shape index (κ3) is 2.61. The molecule has 0 amide bonds. The molecule has 26 heavy (non-hydrogen) atoms. The van der Waals surface area contributed by atoms with Crippen LogP contribution in [0.3, 0.4) is 0 Å². The molecule has 0 aromatic heterocycles. The molecule has 1 aromatic rings. The summed E-state index contributed by atoms with van der Waals surface area (Å²) in [5, 5.41) is 9.51. The summed E-state index contributed by atoms with van der Waals surface area (Å²) in [6, 6.07) is 7.65. The van der Waals surface area contributed by atoms with Crippen LogP contribution >= 0.6 is 0 Å². The van der Waals surface area contributed by atoms with Gasteiger partial charge in [-0.25, -0.2) is 0 Å². The molecule has 4 fully saturated rings. The Hall–Kier alpha value is -1.10. The summed E-state index contributed by atoms with van der Waals surface area (Å²) in [7, 11) is 0. The fraction of sp³-hybridized carbons (Fsp3) is 0.727. The van der Waals surface area contributed by atoms with E-state index in [1.807, 2.05) is 12.1 Å². The van der Waals surface area contributed by atoms with Crippen molar-refractivity contribution >= 4 is 0 Å². The molecule has 1 aliphatic heterocycles. The Bertz CT molecular complexity index is 649. The van der Waals surface area contributed by atoms with Crippen molar-refractivity contribution in [3.8, 4) is 5.75 Å². The number of rotatable bonds is 2. The zero-order valence-corrected chi connectivity index (χ0v) is 15.7. The minimum Gasteiger partial charge on any atom is -0.508 e. The highest BCUT2D eigenvalue weighted by atomic mass is 17.3. The van der Waals surface area contributed by atoms with E-state index in [1.165, 1.54) is 31.2 Å². The van der Waals surface area contributed by atoms with Gasteiger partial charge in [0.25, 0.3) is 0 Å². The minimum absolute atomic E-state index is 0.330. The first-order chi connectivity index (χ1) is 12.6. The Morgan fingerprint density at radius 3 is 2.50 bits per heavy atom. The molecule has 1 N–H and O–H groups in total. The van der Waals surface area contributed by atoms with Crippen LogP contribution in [0.5, 0.6) is 5.75 Å². The maximum Gasteiger partial charge on any atom is 0.210 e. The average Bonchev–Trinajstić information content (AvgIpc) is 3.24. The summed E-state index contributed by atoms with van der Waals surface area (Å²) < 4.78 is 6.77. The quantitative estimate of drug-likeness (QED) is 0.732. The zero-order chi connectivity index (χ0) is 17.8. The molecule has 3 aliphatic carbocycles. The highest BCUT2D eigenvalue weighted by Crippen LogP contribution is 2.59. The summed E-state index contributed by atoms with van der Waals surface area (Å²) in [6.07, 6.45) is 9.95. The molecule has 1 aromatic carbocycles. The predicted octanol–water partition coefficient (Wildman–Crippen LogP) is 5.27. The molecule has 4 nitrogen and oxygen atoms in total. The molecular formula is C22H30O4. The van der Waals surface area contributed by atoms with E-state index in [4.69, 9.17) is 14.5 Å². The van der Waals surface area contributed by atoms with Gasteiger partial charge in [0.1, 0.15) is 5.75 Å². The van der Waals surface area contributed by atoms with Crippen LogP contribution in [0, 0.1) is 17.8 Å². The highest BCUT2D eigenvalue weighted by Gasteiger charge is 2.63. The molecule has 4 unspecified atom stereocenters. The second kappa shape index (κ2) is 6.22. The van der Waals surface area contributed by atoms with Crippen LogP contribution in [0.1, 0.15) is 76.2 Å². The molecular weight excluding hydrogens is 328 g/mol. The Morgan fingerprint density at radius 2 is 1.77 bits per heavy atom. The Morgan fingerprint density at radius 1 is 1.00 bits per heavy atom. The second-order valence-electron chi connectivity index (χ2n) is 8.98. The van der Waals surface area contributed by atoms with E-state index in [0.717, 1.165) is 38.0 Å². The van der Waals surface area contributed by atoms with E-state index < -0.39 is 11.6 Å². The van der Waals surface area contributed by atoms with Crippen LogP contribution in [0.4, 0.5) is 0 Å². The maximum atomic E-state index is 9.51. The monoisotopic (exact) mass is 358 g/mol. The van der Waals surface area contributed by atoms with Gasteiger partial charge in [0, 0.05) is 24.7 Å². The van der Waals surface area contributed by atoms with E-state index in [9.17, 15) is 5.11 Å². The largest absolute Gasteiger partial charge is 0.508 e. The highest BCUT2D eigenvalue weighted by molar-refractivity contribution is 5.28. The van der Waals surface area contributed by atoms with E-state index in [0.29, 0.717) is 23.5 Å². The lowest BCUT2D eigenvalue weighted by molar-refractivity contribution is -0.376. The molecule has 4 heteroatoms. The Labute approximate surface area is 155 Å². The van der Waals surface area contributed by atoms with Crippen LogP contribution in [0.2, 0.25) is 0 Å². The number of hydrogen-bond acceptors (Lipinski definition) is 4. The topological polar surface area (TPSA) is 47.9 Å². The lowest BCUT2D eigenvalue weighted by Crippen LogP contribution is -2.50. The maximum absolute atomic E-state index is 9.51. The van der Waals surface area contributed by atoms with Crippen molar-refractivity contribution in [1.29, 1.82) is 0 Å². The van der Waals surface area contributed by atoms with Crippen molar-refractivity contribution in [3.05, 3.63) is 29.8 Å². The Balaban J connectivity index is 1.31. The molecule has 1 heterocycles. The van der Waals surface area contributed by atoms with Crippen molar-refractivity contribution in [3.63, 3.8) is 0 Å². The first kappa shape index (κ1) is 17.0. The van der Waals surface area contributed by atoms with Gasteiger partial charge in [0.2, 0.25) is 11.6 Å². The van der Waals surface area contributed by atoms with Gasteiger partial charge < -0.3 is 9.84 Å². The van der Waals surface area contributed by atoms with E-state index in [-0.39, 0.29) is 0 Å². The van der Waals surface area contributed by atoms with Crippen LogP contribution < -0.4 is 0 Å². The fourth-order valence-electron chi connectivity index (χ4n) is 6.10. The van der Waals surface area contributed by atoms with Crippen LogP contribution in [0.15, 0.2) is 24.3 Å². The van der Waals surface area contributed by atoms with Crippen molar-refractivity contribution in [1.82, 2.24) is 0 Å². The zero-order valence-electron chi connectivity index (χ0n) is 15.7. The van der Waals surface area contributed by atoms with Gasteiger partial charge in [-0.3, -0.25) is 0 Å². The molecule has 1 saturated heterocycles. The number of phenols is 1. The van der Waals surface area contributed by atoms with Gasteiger partial charge in [0.15, 0.2) is 0 Å².